The van der Waals surface area contributed by atoms with Crippen molar-refractivity contribution >= 4 is 97.3 Å². The molecule has 4 aliphatic heterocycles. The fourth-order valence-corrected chi connectivity index (χ4v) is 12.7. The predicted octanol–water partition coefficient (Wildman–Crippen LogP) is 8.11. The third-order valence-corrected chi connectivity index (χ3v) is 17.0. The number of piperazine rings is 1. The minimum absolute atomic E-state index is 0.0259. The molecule has 5 aromatic rings. The number of nitrogens with one attached hydrogen (secondary N) is 4. The lowest BCUT2D eigenvalue weighted by atomic mass is 9.89. The van der Waals surface area contributed by atoms with Crippen LogP contribution in [0.3, 0.4) is 0 Å². The van der Waals surface area contributed by atoms with Crippen LogP contribution in [0.25, 0.3) is 10.9 Å². The molecule has 2 aromatic heterocycles. The number of ether oxygens (including phenoxy) is 1. The Kier molecular flexibility index (Phi) is 14.2. The molecule has 5 fully saturated rings. The number of pyridine rings is 1. The van der Waals surface area contributed by atoms with Gasteiger partial charge in [0.1, 0.15) is 36.2 Å². The Hall–Kier alpha value is -5.91. The zero-order valence-electron chi connectivity index (χ0n) is 41.1. The fraction of sp³-hybridized carbons (Fsp3) is 0.462. The van der Waals surface area contributed by atoms with E-state index in [0.29, 0.717) is 83.4 Å². The summed E-state index contributed by atoms with van der Waals surface area (Å²) in [4.78, 5) is 60.7. The SMILES string of the molecule is CCc1cc(Nc2ncc(Br)c(Nc3ccc4nc(NC5CC5)ccc4c3P(C)(C)=O)n2)c(OC)cc1N1CCC(N2CCN(C(=O)[C@@H]3CCN(c4cc(F)c([C@H]5CCC(=O)NC5=O)c(F)c4)C3)CC2)CC1. The van der Waals surface area contributed by atoms with Crippen molar-refractivity contribution in [2.75, 3.05) is 98.5 Å². The molecule has 0 radical (unpaired) electrons. The first-order chi connectivity index (χ1) is 34.6. The number of amides is 3. The van der Waals surface area contributed by atoms with Gasteiger partial charge in [0.15, 0.2) is 0 Å². The van der Waals surface area contributed by atoms with Crippen LogP contribution in [0.15, 0.2) is 59.2 Å². The van der Waals surface area contributed by atoms with Gasteiger partial charge in [-0.25, -0.2) is 18.7 Å². The highest BCUT2D eigenvalue weighted by molar-refractivity contribution is 9.10. The number of hydrogen-bond acceptors (Lipinski definition) is 14. The molecule has 4 N–H and O–H groups in total. The number of halogens is 3. The molecular formula is C52H61BrF2N11O5P. The molecule has 16 nitrogen and oxygen atoms in total. The lowest BCUT2D eigenvalue weighted by molar-refractivity contribution is -0.137. The molecule has 20 heteroatoms. The van der Waals surface area contributed by atoms with Gasteiger partial charge in [0.2, 0.25) is 23.7 Å². The number of benzene rings is 3. The van der Waals surface area contributed by atoms with Crippen molar-refractivity contribution in [3.05, 3.63) is 82.0 Å². The Morgan fingerprint density at radius 3 is 2.29 bits per heavy atom. The Morgan fingerprint density at radius 2 is 1.61 bits per heavy atom. The highest BCUT2D eigenvalue weighted by Crippen LogP contribution is 2.43. The van der Waals surface area contributed by atoms with E-state index in [9.17, 15) is 18.9 Å². The number of carbonyl (C=O) groups excluding carboxylic acids is 3. The standard InChI is InChI=1S/C52H61BrF2N11O5P/c1-5-30-24-42(60-52-56-28-37(53)49(62-52)59-41-11-10-40-35(48(41)72(3,4)70)8-12-45(58-40)57-32-6-7-32)44(71-2)27-43(30)64-18-15-33(16-19-64)63-20-22-65(23-21-63)51(69)31-14-17-66(29-31)34-25-38(54)47(39(55)26-34)36-9-13-46(67)61-50(36)68/h8,10-12,24-28,31-33,36H,5-7,9,13-23,29H2,1-4H3,(H,57,58)(H,61,67,68)(H2,56,59,60,62)/t31-,36-/m1/s1. The molecule has 2 atom stereocenters. The number of carbonyl (C=O) groups is 3. The van der Waals surface area contributed by atoms with Crippen molar-refractivity contribution in [2.24, 2.45) is 5.92 Å². The molecule has 1 saturated carbocycles. The van der Waals surface area contributed by atoms with E-state index in [1.54, 1.807) is 26.6 Å². The van der Waals surface area contributed by atoms with Crippen molar-refractivity contribution in [1.82, 2.24) is 30.1 Å². The molecule has 0 bridgehead atoms. The van der Waals surface area contributed by atoms with Gasteiger partial charge in [-0.2, -0.15) is 4.98 Å². The largest absolute Gasteiger partial charge is 0.494 e. The number of aryl methyl sites for hydroxylation is 1. The minimum atomic E-state index is -2.79. The third-order valence-electron chi connectivity index (χ3n) is 14.8. The molecule has 0 spiro atoms. The highest BCUT2D eigenvalue weighted by Gasteiger charge is 2.37. The summed E-state index contributed by atoms with van der Waals surface area (Å²) < 4.78 is 51.1. The van der Waals surface area contributed by atoms with E-state index in [-0.39, 0.29) is 30.2 Å². The predicted molar refractivity (Wildman–Crippen MR) is 281 cm³/mol. The van der Waals surface area contributed by atoms with Crippen molar-refractivity contribution in [3.63, 3.8) is 0 Å². The Bertz CT molecular complexity index is 2950. The molecule has 10 rings (SSSR count). The third kappa shape index (κ3) is 10.5. The van der Waals surface area contributed by atoms with E-state index in [1.165, 1.54) is 12.1 Å². The summed E-state index contributed by atoms with van der Waals surface area (Å²) >= 11 is 3.63. The molecule has 3 aromatic carbocycles. The Labute approximate surface area is 426 Å². The van der Waals surface area contributed by atoms with Crippen LogP contribution in [0.5, 0.6) is 5.75 Å². The van der Waals surface area contributed by atoms with E-state index in [2.05, 4.69) is 71.0 Å². The summed E-state index contributed by atoms with van der Waals surface area (Å²) in [6.07, 6.45) is 7.40. The second-order valence-electron chi connectivity index (χ2n) is 20.0. The maximum atomic E-state index is 15.3. The normalized spacial score (nSPS) is 20.2. The average molecular weight is 1070 g/mol. The average Bonchev–Trinajstić information content (AvgIpc) is 4.04. The van der Waals surface area contributed by atoms with Crippen molar-refractivity contribution in [2.45, 2.75) is 76.3 Å². The maximum absolute atomic E-state index is 15.3. The Balaban J connectivity index is 0.742. The first-order valence-electron chi connectivity index (χ1n) is 25.0. The molecular weight excluding hydrogens is 1010 g/mol. The van der Waals surface area contributed by atoms with Crippen LogP contribution in [0, 0.1) is 17.6 Å². The van der Waals surface area contributed by atoms with Gasteiger partial charge in [0, 0.05) is 111 Å². The lowest BCUT2D eigenvalue weighted by Gasteiger charge is -2.44. The lowest BCUT2D eigenvalue weighted by Crippen LogP contribution is -2.55. The van der Waals surface area contributed by atoms with Crippen LogP contribution in [0.2, 0.25) is 0 Å². The smallest absolute Gasteiger partial charge is 0.234 e. The monoisotopic (exact) mass is 1070 g/mol. The molecule has 4 saturated heterocycles. The minimum Gasteiger partial charge on any atom is -0.494 e. The summed E-state index contributed by atoms with van der Waals surface area (Å²) in [6.45, 7) is 11.1. The fourth-order valence-electron chi connectivity index (χ4n) is 10.9. The van der Waals surface area contributed by atoms with Crippen LogP contribution < -0.4 is 41.1 Å². The van der Waals surface area contributed by atoms with Gasteiger partial charge < -0.3 is 40.0 Å². The topological polar surface area (TPSA) is 177 Å². The summed E-state index contributed by atoms with van der Waals surface area (Å²) in [5.41, 5.74) is 4.52. The van der Waals surface area contributed by atoms with Gasteiger partial charge in [0.05, 0.1) is 40.3 Å². The number of anilines is 7. The van der Waals surface area contributed by atoms with E-state index in [1.807, 2.05) is 34.1 Å². The van der Waals surface area contributed by atoms with E-state index >= 15 is 8.78 Å². The van der Waals surface area contributed by atoms with Gasteiger partial charge in [0.25, 0.3) is 0 Å². The van der Waals surface area contributed by atoms with Crippen LogP contribution in [0.1, 0.15) is 68.9 Å². The number of piperidine rings is 2. The van der Waals surface area contributed by atoms with Crippen LogP contribution in [-0.2, 0) is 25.4 Å². The molecule has 380 valence electrons. The highest BCUT2D eigenvalue weighted by atomic mass is 79.9. The second-order valence-corrected chi connectivity index (χ2v) is 24.0. The van der Waals surface area contributed by atoms with E-state index in [4.69, 9.17) is 14.7 Å². The van der Waals surface area contributed by atoms with Crippen molar-refractivity contribution < 1.29 is 32.5 Å². The van der Waals surface area contributed by atoms with Crippen molar-refractivity contribution in [3.8, 4) is 5.75 Å². The maximum Gasteiger partial charge on any atom is 0.234 e. The molecule has 6 heterocycles. The van der Waals surface area contributed by atoms with Gasteiger partial charge in [-0.05, 0) is 122 Å². The van der Waals surface area contributed by atoms with Gasteiger partial charge in [-0.15, -0.1) is 0 Å². The summed E-state index contributed by atoms with van der Waals surface area (Å²) in [5.74, 6) is -1.68. The zero-order chi connectivity index (χ0) is 50.4. The summed E-state index contributed by atoms with van der Waals surface area (Å²) in [5, 5.41) is 14.0. The molecule has 5 aliphatic rings. The molecule has 0 unspecified atom stereocenters. The van der Waals surface area contributed by atoms with Crippen LogP contribution in [-0.4, -0.2) is 127 Å². The van der Waals surface area contributed by atoms with Gasteiger partial charge >= 0.3 is 0 Å². The van der Waals surface area contributed by atoms with Gasteiger partial charge in [-0.3, -0.25) is 24.6 Å². The zero-order valence-corrected chi connectivity index (χ0v) is 43.6. The number of aromatic nitrogens is 3. The summed E-state index contributed by atoms with van der Waals surface area (Å²) in [7, 11) is -1.13. The van der Waals surface area contributed by atoms with Crippen molar-refractivity contribution in [1.29, 1.82) is 0 Å². The molecule has 3 amide bonds. The van der Waals surface area contributed by atoms with Crippen LogP contribution >= 0.6 is 23.1 Å². The number of hydrogen-bond donors (Lipinski definition) is 4. The molecule has 72 heavy (non-hydrogen) atoms. The van der Waals surface area contributed by atoms with E-state index in [0.717, 1.165) is 91.9 Å². The van der Waals surface area contributed by atoms with Gasteiger partial charge in [-0.1, -0.05) is 6.92 Å². The number of fused-ring (bicyclic) bond motifs is 1. The number of imide groups is 1. The first-order valence-corrected chi connectivity index (χ1v) is 28.4. The first kappa shape index (κ1) is 49.7. The number of methoxy groups -OCH3 is 1. The molecule has 1 aliphatic carbocycles. The van der Waals surface area contributed by atoms with Crippen LogP contribution in [0.4, 0.5) is 49.1 Å². The quantitative estimate of drug-likeness (QED) is 0.0620. The number of nitrogens with zero attached hydrogens (tertiary/aromatic N) is 7. The van der Waals surface area contributed by atoms with E-state index < -0.39 is 36.5 Å². The Morgan fingerprint density at radius 1 is 0.875 bits per heavy atom. The summed E-state index contributed by atoms with van der Waals surface area (Å²) in [6, 6.07) is 15.4. The second kappa shape index (κ2) is 20.5. The number of rotatable bonds is 14.